The molecule has 5 heteroatoms. The molecule has 0 spiro atoms. The molecule has 1 aromatic rings. The Bertz CT molecular complexity index is 451. The Morgan fingerprint density at radius 1 is 1.50 bits per heavy atom. The lowest BCUT2D eigenvalue weighted by Gasteiger charge is -2.05. The molecule has 0 aliphatic heterocycles. The summed E-state index contributed by atoms with van der Waals surface area (Å²) in [6.45, 7) is 4.01. The number of thiophene rings is 1. The van der Waals surface area contributed by atoms with Gasteiger partial charge in [0.2, 0.25) is 5.91 Å². The van der Waals surface area contributed by atoms with Crippen molar-refractivity contribution >= 4 is 29.3 Å². The Labute approximate surface area is 110 Å². The highest BCUT2D eigenvalue weighted by Crippen LogP contribution is 2.16. The molecule has 0 aliphatic rings. The van der Waals surface area contributed by atoms with Gasteiger partial charge in [0, 0.05) is 22.4 Å². The second kappa shape index (κ2) is 6.96. The average molecular weight is 267 g/mol. The van der Waals surface area contributed by atoms with E-state index in [0.29, 0.717) is 13.0 Å². The molecule has 0 bridgehead atoms. The Balaban J connectivity index is 2.30. The predicted octanol–water partition coefficient (Wildman–Crippen LogP) is 2.30. The molecule has 98 valence electrons. The first-order valence-electron chi connectivity index (χ1n) is 5.74. The van der Waals surface area contributed by atoms with Gasteiger partial charge in [0.1, 0.15) is 0 Å². The first kappa shape index (κ1) is 14.4. The minimum atomic E-state index is -0.839. The number of hydrogen-bond donors (Lipinski definition) is 2. The lowest BCUT2D eigenvalue weighted by atomic mass is 10.1. The number of carbonyl (C=O) groups excluding carboxylic acids is 1. The highest BCUT2D eigenvalue weighted by molar-refractivity contribution is 7.12. The van der Waals surface area contributed by atoms with E-state index < -0.39 is 11.9 Å². The van der Waals surface area contributed by atoms with Crippen molar-refractivity contribution in [2.45, 2.75) is 20.3 Å². The van der Waals surface area contributed by atoms with Crippen LogP contribution in [0.4, 0.5) is 0 Å². The van der Waals surface area contributed by atoms with Crippen LogP contribution in [0.25, 0.3) is 6.08 Å². The topological polar surface area (TPSA) is 66.4 Å². The summed E-state index contributed by atoms with van der Waals surface area (Å²) in [5, 5.41) is 11.3. The van der Waals surface area contributed by atoms with Gasteiger partial charge in [-0.15, -0.1) is 11.3 Å². The van der Waals surface area contributed by atoms with E-state index in [0.717, 1.165) is 4.88 Å². The van der Waals surface area contributed by atoms with Crippen molar-refractivity contribution in [2.24, 2.45) is 5.92 Å². The van der Waals surface area contributed by atoms with Crippen LogP contribution in [0.1, 0.15) is 23.1 Å². The molecule has 0 aliphatic carbocycles. The zero-order valence-electron chi connectivity index (χ0n) is 10.5. The minimum absolute atomic E-state index is 0.196. The van der Waals surface area contributed by atoms with Gasteiger partial charge in [-0.2, -0.15) is 0 Å². The molecule has 0 aromatic carbocycles. The fourth-order valence-electron chi connectivity index (χ4n) is 1.30. The Kier molecular flexibility index (Phi) is 5.58. The maximum absolute atomic E-state index is 11.4. The van der Waals surface area contributed by atoms with Crippen LogP contribution in [0.5, 0.6) is 0 Å². The largest absolute Gasteiger partial charge is 0.481 e. The molecule has 4 nitrogen and oxygen atoms in total. The molecule has 2 N–H and O–H groups in total. The SMILES string of the molecule is Cc1ccc(/C=C/C(=O)NCCC(C)C(=O)O)s1. The molecule has 0 fully saturated rings. The third-order valence-corrected chi connectivity index (χ3v) is 3.42. The zero-order valence-corrected chi connectivity index (χ0v) is 11.3. The third kappa shape index (κ3) is 5.14. The van der Waals surface area contributed by atoms with Crippen molar-refractivity contribution in [3.63, 3.8) is 0 Å². The van der Waals surface area contributed by atoms with Gasteiger partial charge in [-0.1, -0.05) is 6.92 Å². The van der Waals surface area contributed by atoms with Gasteiger partial charge >= 0.3 is 5.97 Å². The van der Waals surface area contributed by atoms with E-state index >= 15 is 0 Å². The normalized spacial score (nSPS) is 12.6. The second-order valence-corrected chi connectivity index (χ2v) is 5.42. The second-order valence-electron chi connectivity index (χ2n) is 4.10. The van der Waals surface area contributed by atoms with Crippen molar-refractivity contribution in [3.05, 3.63) is 28.0 Å². The van der Waals surface area contributed by atoms with Gasteiger partial charge in [0.05, 0.1) is 5.92 Å². The number of rotatable bonds is 6. The average Bonchev–Trinajstić information content (AvgIpc) is 2.72. The molecule has 1 aromatic heterocycles. The Morgan fingerprint density at radius 2 is 2.22 bits per heavy atom. The number of hydrogen-bond acceptors (Lipinski definition) is 3. The molecule has 0 saturated heterocycles. The van der Waals surface area contributed by atoms with Crippen molar-refractivity contribution < 1.29 is 14.7 Å². The van der Waals surface area contributed by atoms with E-state index in [9.17, 15) is 9.59 Å². The fourth-order valence-corrected chi connectivity index (χ4v) is 2.08. The standard InChI is InChI=1S/C13H17NO3S/c1-9(13(16)17)7-8-14-12(15)6-5-11-4-3-10(2)18-11/h3-6,9H,7-8H2,1-2H3,(H,14,15)(H,16,17)/b6-5+. The molecule has 0 saturated carbocycles. The lowest BCUT2D eigenvalue weighted by Crippen LogP contribution is -2.25. The smallest absolute Gasteiger partial charge is 0.306 e. The van der Waals surface area contributed by atoms with E-state index in [-0.39, 0.29) is 5.91 Å². The van der Waals surface area contributed by atoms with Gasteiger partial charge in [-0.05, 0) is 31.6 Å². The number of carbonyl (C=O) groups is 2. The van der Waals surface area contributed by atoms with Crippen LogP contribution in [0.3, 0.4) is 0 Å². The predicted molar refractivity (Wildman–Crippen MR) is 72.5 cm³/mol. The zero-order chi connectivity index (χ0) is 13.5. The van der Waals surface area contributed by atoms with Gasteiger partial charge < -0.3 is 10.4 Å². The maximum Gasteiger partial charge on any atom is 0.306 e. The molecule has 1 rings (SSSR count). The lowest BCUT2D eigenvalue weighted by molar-refractivity contribution is -0.141. The molecule has 1 heterocycles. The fraction of sp³-hybridized carbons (Fsp3) is 0.385. The van der Waals surface area contributed by atoms with E-state index in [2.05, 4.69) is 5.32 Å². The molecular weight excluding hydrogens is 250 g/mol. The van der Waals surface area contributed by atoms with Gasteiger partial charge in [0.25, 0.3) is 0 Å². The minimum Gasteiger partial charge on any atom is -0.481 e. The van der Waals surface area contributed by atoms with E-state index in [4.69, 9.17) is 5.11 Å². The summed E-state index contributed by atoms with van der Waals surface area (Å²) in [7, 11) is 0. The molecule has 0 radical (unpaired) electrons. The number of aryl methyl sites for hydroxylation is 1. The third-order valence-electron chi connectivity index (χ3n) is 2.46. The van der Waals surface area contributed by atoms with E-state index in [1.807, 2.05) is 19.1 Å². The summed E-state index contributed by atoms with van der Waals surface area (Å²) in [5.74, 6) is -1.47. The summed E-state index contributed by atoms with van der Waals surface area (Å²) in [5.41, 5.74) is 0. The Morgan fingerprint density at radius 3 is 2.78 bits per heavy atom. The molecule has 18 heavy (non-hydrogen) atoms. The number of carboxylic acid groups (broad SMARTS) is 1. The van der Waals surface area contributed by atoms with Crippen LogP contribution >= 0.6 is 11.3 Å². The first-order valence-corrected chi connectivity index (χ1v) is 6.56. The van der Waals surface area contributed by atoms with Crippen LogP contribution in [-0.2, 0) is 9.59 Å². The number of carboxylic acids is 1. The van der Waals surface area contributed by atoms with Gasteiger partial charge in [-0.25, -0.2) is 0 Å². The van der Waals surface area contributed by atoms with E-state index in [1.54, 1.807) is 24.3 Å². The number of nitrogens with one attached hydrogen (secondary N) is 1. The summed E-state index contributed by atoms with van der Waals surface area (Å²) < 4.78 is 0. The monoisotopic (exact) mass is 267 g/mol. The molecule has 1 atom stereocenters. The van der Waals surface area contributed by atoms with Crippen LogP contribution in [0.15, 0.2) is 18.2 Å². The Hall–Kier alpha value is -1.62. The van der Waals surface area contributed by atoms with Crippen molar-refractivity contribution in [1.29, 1.82) is 0 Å². The highest BCUT2D eigenvalue weighted by Gasteiger charge is 2.09. The van der Waals surface area contributed by atoms with Gasteiger partial charge in [-0.3, -0.25) is 9.59 Å². The van der Waals surface area contributed by atoms with Crippen LogP contribution in [0, 0.1) is 12.8 Å². The van der Waals surface area contributed by atoms with E-state index in [1.165, 1.54) is 11.0 Å². The van der Waals surface area contributed by atoms with Crippen LogP contribution in [-0.4, -0.2) is 23.5 Å². The molecule has 1 unspecified atom stereocenters. The number of aliphatic carboxylic acids is 1. The summed E-state index contributed by atoms with van der Waals surface area (Å²) in [4.78, 5) is 24.2. The molecular formula is C13H17NO3S. The summed E-state index contributed by atoms with van der Waals surface area (Å²) >= 11 is 1.62. The van der Waals surface area contributed by atoms with Crippen LogP contribution < -0.4 is 5.32 Å². The van der Waals surface area contributed by atoms with Crippen molar-refractivity contribution in [1.82, 2.24) is 5.32 Å². The summed E-state index contributed by atoms with van der Waals surface area (Å²) in [6.07, 6.45) is 3.66. The number of amides is 1. The van der Waals surface area contributed by atoms with Gasteiger partial charge in [0.15, 0.2) is 0 Å². The highest BCUT2D eigenvalue weighted by atomic mass is 32.1. The van der Waals surface area contributed by atoms with Crippen molar-refractivity contribution in [2.75, 3.05) is 6.54 Å². The first-order chi connectivity index (χ1) is 8.49. The quantitative estimate of drug-likeness (QED) is 0.777. The van der Waals surface area contributed by atoms with Crippen molar-refractivity contribution in [3.8, 4) is 0 Å². The summed E-state index contributed by atoms with van der Waals surface area (Å²) in [6, 6.07) is 3.95. The maximum atomic E-state index is 11.4. The molecule has 1 amide bonds. The van der Waals surface area contributed by atoms with Crippen LogP contribution in [0.2, 0.25) is 0 Å².